The number of amides is 1. The number of hydrogen-bond donors (Lipinski definition) is 1. The van der Waals surface area contributed by atoms with Gasteiger partial charge in [0.05, 0.1) is 13.2 Å². The zero-order chi connectivity index (χ0) is 9.14. The van der Waals surface area contributed by atoms with Crippen molar-refractivity contribution in [2.24, 2.45) is 0 Å². The molecule has 1 atom stereocenters. The number of esters is 1. The molecule has 0 aliphatic carbocycles. The summed E-state index contributed by atoms with van der Waals surface area (Å²) in [6.07, 6.45) is 0.0292. The van der Waals surface area contributed by atoms with Crippen LogP contribution in [0, 0.1) is 0 Å². The first-order valence-corrected chi connectivity index (χ1v) is 3.70. The molecule has 1 aliphatic rings. The molecular formula is C7H11NO4. The van der Waals surface area contributed by atoms with Crippen LogP contribution in [-0.2, 0) is 14.3 Å². The molecule has 0 aromatic carbocycles. The Morgan fingerprint density at radius 1 is 1.58 bits per heavy atom. The summed E-state index contributed by atoms with van der Waals surface area (Å²) in [4.78, 5) is 23.1. The number of nitrogens with zero attached hydrogens (tertiary/aromatic N) is 1. The van der Waals surface area contributed by atoms with Gasteiger partial charge in [0.1, 0.15) is 0 Å². The van der Waals surface area contributed by atoms with Gasteiger partial charge in [-0.25, -0.2) is 4.79 Å². The van der Waals surface area contributed by atoms with E-state index >= 15 is 0 Å². The maximum atomic E-state index is 11.1. The smallest absolute Gasteiger partial charge is 0.396 e. The van der Waals surface area contributed by atoms with Crippen LogP contribution >= 0.6 is 0 Å². The Balaban J connectivity index is 2.48. The third-order valence-electron chi connectivity index (χ3n) is 1.81. The fourth-order valence-corrected chi connectivity index (χ4v) is 1.14. The molecule has 1 aliphatic heterocycles. The fraction of sp³-hybridized carbons (Fsp3) is 0.714. The van der Waals surface area contributed by atoms with Crippen molar-refractivity contribution in [2.45, 2.75) is 12.5 Å². The van der Waals surface area contributed by atoms with Crippen molar-refractivity contribution in [2.75, 3.05) is 20.2 Å². The van der Waals surface area contributed by atoms with Crippen molar-refractivity contribution in [1.82, 2.24) is 4.90 Å². The highest BCUT2D eigenvalue weighted by Gasteiger charge is 2.29. The zero-order valence-electron chi connectivity index (χ0n) is 6.82. The van der Waals surface area contributed by atoms with Crippen LogP contribution in [0.15, 0.2) is 0 Å². The van der Waals surface area contributed by atoms with Gasteiger partial charge in [-0.05, 0) is 6.42 Å². The van der Waals surface area contributed by atoms with E-state index in [1.165, 1.54) is 4.90 Å². The van der Waals surface area contributed by atoms with E-state index in [4.69, 9.17) is 5.11 Å². The van der Waals surface area contributed by atoms with E-state index in [2.05, 4.69) is 4.74 Å². The Morgan fingerprint density at radius 2 is 2.25 bits per heavy atom. The monoisotopic (exact) mass is 173 g/mol. The van der Waals surface area contributed by atoms with Gasteiger partial charge in [0, 0.05) is 13.1 Å². The van der Waals surface area contributed by atoms with E-state index in [9.17, 15) is 9.59 Å². The van der Waals surface area contributed by atoms with Crippen molar-refractivity contribution in [3.05, 3.63) is 0 Å². The highest BCUT2D eigenvalue weighted by molar-refractivity contribution is 6.32. The Morgan fingerprint density at radius 3 is 2.67 bits per heavy atom. The van der Waals surface area contributed by atoms with Gasteiger partial charge < -0.3 is 14.7 Å². The zero-order valence-corrected chi connectivity index (χ0v) is 6.82. The molecule has 0 bridgehead atoms. The van der Waals surface area contributed by atoms with Crippen molar-refractivity contribution in [1.29, 1.82) is 0 Å². The van der Waals surface area contributed by atoms with Gasteiger partial charge in [0.2, 0.25) is 0 Å². The summed E-state index contributed by atoms with van der Waals surface area (Å²) in [6, 6.07) is 0. The molecule has 5 nitrogen and oxygen atoms in total. The third kappa shape index (κ3) is 1.73. The first-order valence-electron chi connectivity index (χ1n) is 3.70. The van der Waals surface area contributed by atoms with Crippen LogP contribution in [-0.4, -0.2) is 48.2 Å². The maximum absolute atomic E-state index is 11.1. The lowest BCUT2D eigenvalue weighted by molar-refractivity contribution is -0.157. The molecule has 5 heteroatoms. The molecule has 12 heavy (non-hydrogen) atoms. The molecule has 1 amide bonds. The predicted octanol–water partition coefficient (Wildman–Crippen LogP) is -1.25. The Hall–Kier alpha value is -1.10. The molecule has 0 aromatic heterocycles. The van der Waals surface area contributed by atoms with Gasteiger partial charge in [0.25, 0.3) is 0 Å². The number of ether oxygens (including phenoxy) is 1. The summed E-state index contributed by atoms with van der Waals surface area (Å²) >= 11 is 0. The number of aliphatic hydroxyl groups excluding tert-OH is 1. The number of hydrogen-bond acceptors (Lipinski definition) is 4. The summed E-state index contributed by atoms with van der Waals surface area (Å²) < 4.78 is 4.25. The Bertz CT molecular complexity index is 204. The first kappa shape index (κ1) is 8.99. The van der Waals surface area contributed by atoms with E-state index in [0.29, 0.717) is 13.0 Å². The molecule has 1 saturated heterocycles. The fourth-order valence-electron chi connectivity index (χ4n) is 1.14. The second-order valence-corrected chi connectivity index (χ2v) is 2.69. The van der Waals surface area contributed by atoms with Crippen LogP contribution in [0.2, 0.25) is 0 Å². The minimum absolute atomic E-state index is 0.230. The second-order valence-electron chi connectivity index (χ2n) is 2.69. The minimum Gasteiger partial charge on any atom is -0.462 e. The second kappa shape index (κ2) is 3.53. The predicted molar refractivity (Wildman–Crippen MR) is 39.2 cm³/mol. The van der Waals surface area contributed by atoms with Gasteiger partial charge >= 0.3 is 11.9 Å². The first-order chi connectivity index (χ1) is 5.65. The van der Waals surface area contributed by atoms with E-state index < -0.39 is 18.0 Å². The van der Waals surface area contributed by atoms with Crippen LogP contribution in [0.25, 0.3) is 0 Å². The van der Waals surface area contributed by atoms with E-state index in [1.54, 1.807) is 0 Å². The summed E-state index contributed by atoms with van der Waals surface area (Å²) in [5.41, 5.74) is 0. The van der Waals surface area contributed by atoms with Gasteiger partial charge in [-0.3, -0.25) is 4.79 Å². The minimum atomic E-state index is -0.871. The van der Waals surface area contributed by atoms with Gasteiger partial charge in [-0.2, -0.15) is 0 Å². The molecule has 1 rings (SSSR count). The lowest BCUT2D eigenvalue weighted by Gasteiger charge is -2.12. The van der Waals surface area contributed by atoms with Crippen LogP contribution in [0.3, 0.4) is 0 Å². The third-order valence-corrected chi connectivity index (χ3v) is 1.81. The van der Waals surface area contributed by atoms with E-state index in [-0.39, 0.29) is 6.54 Å². The molecule has 0 spiro atoms. The van der Waals surface area contributed by atoms with Crippen LogP contribution < -0.4 is 0 Å². The molecule has 1 N–H and O–H groups in total. The number of methoxy groups -OCH3 is 1. The number of carbonyl (C=O) groups excluding carboxylic acids is 2. The molecule has 0 saturated carbocycles. The standard InChI is InChI=1S/C7H11NO4/c1-12-7(11)6(10)8-3-2-5(9)4-8/h5,9H,2-4H2,1H3. The number of β-amino-alcohol motifs (C(OH)–C–C–N with tert-alkyl or cyclic N) is 1. The summed E-state index contributed by atoms with van der Waals surface area (Å²) in [6.45, 7) is 0.656. The van der Waals surface area contributed by atoms with Crippen molar-refractivity contribution >= 4 is 11.9 Å². The normalized spacial score (nSPS) is 22.5. The SMILES string of the molecule is COC(=O)C(=O)N1CCC(O)C1. The Kier molecular flexibility index (Phi) is 2.65. The summed E-state index contributed by atoms with van der Waals surface area (Å²) in [5.74, 6) is -1.54. The average Bonchev–Trinajstić information content (AvgIpc) is 2.49. The summed E-state index contributed by atoms with van der Waals surface area (Å²) in [5, 5.41) is 9.06. The molecule has 0 aromatic rings. The van der Waals surface area contributed by atoms with Gasteiger partial charge in [0.15, 0.2) is 0 Å². The quantitative estimate of drug-likeness (QED) is 0.367. The van der Waals surface area contributed by atoms with Crippen molar-refractivity contribution in [3.8, 4) is 0 Å². The van der Waals surface area contributed by atoms with Gasteiger partial charge in [-0.15, -0.1) is 0 Å². The summed E-state index contributed by atoms with van der Waals surface area (Å²) in [7, 11) is 1.16. The number of aliphatic hydroxyl groups is 1. The lowest BCUT2D eigenvalue weighted by atomic mass is 10.3. The van der Waals surface area contributed by atoms with E-state index in [0.717, 1.165) is 7.11 Å². The highest BCUT2D eigenvalue weighted by Crippen LogP contribution is 2.08. The highest BCUT2D eigenvalue weighted by atomic mass is 16.5. The largest absolute Gasteiger partial charge is 0.462 e. The lowest BCUT2D eigenvalue weighted by Crippen LogP contribution is -2.35. The average molecular weight is 173 g/mol. The van der Waals surface area contributed by atoms with Crippen molar-refractivity contribution < 1.29 is 19.4 Å². The van der Waals surface area contributed by atoms with Crippen LogP contribution in [0.5, 0.6) is 0 Å². The molecule has 68 valence electrons. The molecule has 1 fully saturated rings. The van der Waals surface area contributed by atoms with Crippen LogP contribution in [0.1, 0.15) is 6.42 Å². The molecular weight excluding hydrogens is 162 g/mol. The van der Waals surface area contributed by atoms with Crippen molar-refractivity contribution in [3.63, 3.8) is 0 Å². The molecule has 0 radical (unpaired) electrons. The molecule has 1 heterocycles. The number of likely N-dealkylation sites (tertiary alicyclic amines) is 1. The maximum Gasteiger partial charge on any atom is 0.396 e. The van der Waals surface area contributed by atoms with E-state index in [1.807, 2.05) is 0 Å². The van der Waals surface area contributed by atoms with Gasteiger partial charge in [-0.1, -0.05) is 0 Å². The Labute approximate surface area is 69.9 Å². The topological polar surface area (TPSA) is 66.8 Å². The van der Waals surface area contributed by atoms with Crippen LogP contribution in [0.4, 0.5) is 0 Å². The number of carbonyl (C=O) groups is 2. The number of rotatable bonds is 0. The molecule has 1 unspecified atom stereocenters.